The van der Waals surface area contributed by atoms with Gasteiger partial charge in [-0.15, -0.1) is 0 Å². The fourth-order valence-electron chi connectivity index (χ4n) is 3.45. The van der Waals surface area contributed by atoms with Crippen molar-refractivity contribution >= 4 is 11.4 Å². The molecule has 1 atom stereocenters. The maximum absolute atomic E-state index is 11.4. The largest absolute Gasteiger partial charge is 0.493 e. The number of nitro groups is 1. The van der Waals surface area contributed by atoms with Gasteiger partial charge in [0.2, 0.25) is 0 Å². The van der Waals surface area contributed by atoms with Crippen LogP contribution in [0.4, 0.5) is 11.4 Å². The zero-order valence-corrected chi connectivity index (χ0v) is 15.6. The number of rotatable bonds is 7. The second kappa shape index (κ2) is 8.26. The topological polar surface area (TPSA) is 85.1 Å². The summed E-state index contributed by atoms with van der Waals surface area (Å²) in [6.07, 6.45) is 1.66. The van der Waals surface area contributed by atoms with Gasteiger partial charge in [-0.25, -0.2) is 0 Å². The highest BCUT2D eigenvalue weighted by Crippen LogP contribution is 2.36. The predicted molar refractivity (Wildman–Crippen MR) is 103 cm³/mol. The number of anilines is 1. The van der Waals surface area contributed by atoms with Crippen molar-refractivity contribution in [2.75, 3.05) is 32.2 Å². The molecule has 144 valence electrons. The van der Waals surface area contributed by atoms with Gasteiger partial charge in [-0.2, -0.15) is 0 Å². The number of ether oxygens (including phenoxy) is 2. The molecule has 0 radical (unpaired) electrons. The van der Waals surface area contributed by atoms with Gasteiger partial charge in [-0.1, -0.05) is 12.1 Å². The third kappa shape index (κ3) is 4.14. The van der Waals surface area contributed by atoms with Gasteiger partial charge >= 0.3 is 0 Å². The number of benzene rings is 2. The first-order chi connectivity index (χ1) is 13.0. The van der Waals surface area contributed by atoms with Crippen molar-refractivity contribution in [2.24, 2.45) is 0 Å². The molecule has 0 bridgehead atoms. The third-order valence-corrected chi connectivity index (χ3v) is 4.94. The van der Waals surface area contributed by atoms with Crippen LogP contribution in [0.5, 0.6) is 11.5 Å². The molecule has 7 nitrogen and oxygen atoms in total. The molecule has 2 aromatic carbocycles. The third-order valence-electron chi connectivity index (χ3n) is 4.94. The fourth-order valence-corrected chi connectivity index (χ4v) is 3.45. The normalized spacial score (nSPS) is 14.9. The number of nitrogens with zero attached hydrogens (tertiary/aromatic N) is 2. The van der Waals surface area contributed by atoms with Crippen molar-refractivity contribution in [3.63, 3.8) is 0 Å². The molecule has 0 aromatic heterocycles. The SMILES string of the molecule is COc1cc(CC(O)c2ccc(N3CCCC3)cc2)c([N+](=O)[O-])cc1OC. The van der Waals surface area contributed by atoms with Crippen molar-refractivity contribution in [1.29, 1.82) is 0 Å². The number of aliphatic hydroxyl groups is 1. The summed E-state index contributed by atoms with van der Waals surface area (Å²) < 4.78 is 10.4. The van der Waals surface area contributed by atoms with Crippen molar-refractivity contribution in [1.82, 2.24) is 0 Å². The molecule has 2 aromatic rings. The Morgan fingerprint density at radius 1 is 1.11 bits per heavy atom. The first-order valence-electron chi connectivity index (χ1n) is 8.95. The van der Waals surface area contributed by atoms with E-state index in [-0.39, 0.29) is 17.9 Å². The van der Waals surface area contributed by atoms with Crippen LogP contribution in [-0.4, -0.2) is 37.3 Å². The lowest BCUT2D eigenvalue weighted by Crippen LogP contribution is -2.17. The Morgan fingerprint density at radius 2 is 1.70 bits per heavy atom. The Bertz CT molecular complexity index is 801. The molecule has 1 aliphatic rings. The second-order valence-corrected chi connectivity index (χ2v) is 6.60. The summed E-state index contributed by atoms with van der Waals surface area (Å²) in [5.74, 6) is 0.687. The number of hydrogen-bond acceptors (Lipinski definition) is 6. The van der Waals surface area contributed by atoms with Gasteiger partial charge in [0.1, 0.15) is 0 Å². The number of nitro benzene ring substituents is 1. The van der Waals surface area contributed by atoms with E-state index in [9.17, 15) is 15.2 Å². The summed E-state index contributed by atoms with van der Waals surface area (Å²) >= 11 is 0. The molecule has 3 rings (SSSR count). The van der Waals surface area contributed by atoms with Crippen LogP contribution in [0.25, 0.3) is 0 Å². The van der Waals surface area contributed by atoms with Gasteiger partial charge in [-0.05, 0) is 36.6 Å². The summed E-state index contributed by atoms with van der Waals surface area (Å²) in [4.78, 5) is 13.3. The molecule has 0 amide bonds. The minimum Gasteiger partial charge on any atom is -0.493 e. The number of aliphatic hydroxyl groups excluding tert-OH is 1. The summed E-state index contributed by atoms with van der Waals surface area (Å²) in [7, 11) is 2.90. The van der Waals surface area contributed by atoms with E-state index >= 15 is 0 Å². The summed E-state index contributed by atoms with van der Waals surface area (Å²) in [5.41, 5.74) is 2.16. The first kappa shape index (κ1) is 19.0. The molecule has 0 aliphatic carbocycles. The van der Waals surface area contributed by atoms with Crippen LogP contribution in [0, 0.1) is 10.1 Å². The zero-order chi connectivity index (χ0) is 19.4. The zero-order valence-electron chi connectivity index (χ0n) is 15.6. The van der Waals surface area contributed by atoms with Crippen LogP contribution in [0.3, 0.4) is 0 Å². The van der Waals surface area contributed by atoms with E-state index in [4.69, 9.17) is 9.47 Å². The predicted octanol–water partition coefficient (Wildman–Crippen LogP) is 3.49. The van der Waals surface area contributed by atoms with E-state index in [1.165, 1.54) is 33.1 Å². The highest BCUT2D eigenvalue weighted by Gasteiger charge is 2.22. The van der Waals surface area contributed by atoms with Crippen LogP contribution in [0.1, 0.15) is 30.1 Å². The van der Waals surface area contributed by atoms with Gasteiger partial charge in [0.25, 0.3) is 5.69 Å². The Labute approximate surface area is 158 Å². The van der Waals surface area contributed by atoms with E-state index in [0.717, 1.165) is 24.3 Å². The number of methoxy groups -OCH3 is 2. The average Bonchev–Trinajstić information content (AvgIpc) is 3.22. The van der Waals surface area contributed by atoms with E-state index < -0.39 is 11.0 Å². The maximum Gasteiger partial charge on any atom is 0.276 e. The molecule has 1 N–H and O–H groups in total. The first-order valence-corrected chi connectivity index (χ1v) is 8.95. The molecule has 7 heteroatoms. The maximum atomic E-state index is 11.4. The van der Waals surface area contributed by atoms with E-state index in [1.807, 2.05) is 24.3 Å². The molecule has 1 heterocycles. The van der Waals surface area contributed by atoms with E-state index in [2.05, 4.69) is 4.90 Å². The highest BCUT2D eigenvalue weighted by atomic mass is 16.6. The molecular formula is C20H24N2O5. The highest BCUT2D eigenvalue weighted by molar-refractivity contribution is 5.55. The summed E-state index contributed by atoms with van der Waals surface area (Å²) in [6, 6.07) is 10.6. The van der Waals surface area contributed by atoms with Gasteiger partial charge < -0.3 is 19.5 Å². The van der Waals surface area contributed by atoms with Crippen LogP contribution in [0.2, 0.25) is 0 Å². The van der Waals surface area contributed by atoms with Crippen molar-refractivity contribution < 1.29 is 19.5 Å². The molecule has 1 fully saturated rings. The molecule has 1 aliphatic heterocycles. The molecule has 1 unspecified atom stereocenters. The minimum atomic E-state index is -0.852. The van der Waals surface area contributed by atoms with Crippen molar-refractivity contribution in [3.05, 3.63) is 57.6 Å². The monoisotopic (exact) mass is 372 g/mol. The molecule has 0 spiro atoms. The molecule has 0 saturated carbocycles. The van der Waals surface area contributed by atoms with Crippen molar-refractivity contribution in [3.8, 4) is 11.5 Å². The van der Waals surface area contributed by atoms with Gasteiger partial charge in [0, 0.05) is 30.8 Å². The fraction of sp³-hybridized carbons (Fsp3) is 0.400. The molecule has 27 heavy (non-hydrogen) atoms. The standard InChI is InChI=1S/C20H24N2O5/c1-26-19-12-15(17(22(24)25)13-20(19)27-2)11-18(23)14-5-7-16(8-6-14)21-9-3-4-10-21/h5-8,12-13,18,23H,3-4,9-11H2,1-2H3. The molecule has 1 saturated heterocycles. The van der Waals surface area contributed by atoms with Gasteiger partial charge in [0.15, 0.2) is 11.5 Å². The lowest BCUT2D eigenvalue weighted by molar-refractivity contribution is -0.385. The summed E-state index contributed by atoms with van der Waals surface area (Å²) in [5, 5.41) is 22.0. The molecular weight excluding hydrogens is 348 g/mol. The second-order valence-electron chi connectivity index (χ2n) is 6.60. The van der Waals surface area contributed by atoms with Gasteiger partial charge in [0.05, 0.1) is 31.3 Å². The van der Waals surface area contributed by atoms with Crippen LogP contribution < -0.4 is 14.4 Å². The quantitative estimate of drug-likeness (QED) is 0.592. The average molecular weight is 372 g/mol. The Balaban J connectivity index is 1.82. The van der Waals surface area contributed by atoms with Crippen LogP contribution in [-0.2, 0) is 6.42 Å². The van der Waals surface area contributed by atoms with Crippen molar-refractivity contribution in [2.45, 2.75) is 25.4 Å². The lowest BCUT2D eigenvalue weighted by Gasteiger charge is -2.19. The Hall–Kier alpha value is -2.80. The van der Waals surface area contributed by atoms with E-state index in [1.54, 1.807) is 6.07 Å². The lowest BCUT2D eigenvalue weighted by atomic mass is 9.99. The van der Waals surface area contributed by atoms with Gasteiger partial charge in [-0.3, -0.25) is 10.1 Å². The van der Waals surface area contributed by atoms with E-state index in [0.29, 0.717) is 11.3 Å². The van der Waals surface area contributed by atoms with Crippen LogP contribution >= 0.6 is 0 Å². The Kier molecular flexibility index (Phi) is 5.81. The smallest absolute Gasteiger partial charge is 0.276 e. The number of hydrogen-bond donors (Lipinski definition) is 1. The minimum absolute atomic E-state index is 0.0969. The Morgan fingerprint density at radius 3 is 2.26 bits per heavy atom. The van der Waals surface area contributed by atoms with Crippen LogP contribution in [0.15, 0.2) is 36.4 Å². The summed E-state index contributed by atoms with van der Waals surface area (Å²) in [6.45, 7) is 2.11.